The SMILES string of the molecule is CCOc1ccc(CCC(=O)N2CCC(CC(=O)NC(Cc3ccc(OCc4ccccc4)cc3)c3nn[nH]n3)CC2)cc1. The van der Waals surface area contributed by atoms with Crippen LogP contribution in [-0.2, 0) is 29.0 Å². The van der Waals surface area contributed by atoms with Gasteiger partial charge in [0.15, 0.2) is 5.82 Å². The number of nitrogens with zero attached hydrogens (tertiary/aromatic N) is 4. The van der Waals surface area contributed by atoms with Gasteiger partial charge in [-0.2, -0.15) is 5.21 Å². The zero-order valence-electron chi connectivity index (χ0n) is 25.2. The number of hydrogen-bond donors (Lipinski definition) is 2. The van der Waals surface area contributed by atoms with Crippen molar-refractivity contribution in [1.29, 1.82) is 0 Å². The van der Waals surface area contributed by atoms with E-state index in [4.69, 9.17) is 9.47 Å². The number of benzene rings is 3. The van der Waals surface area contributed by atoms with Gasteiger partial charge in [-0.1, -0.05) is 59.8 Å². The number of hydrogen-bond acceptors (Lipinski definition) is 7. The number of carbonyl (C=O) groups is 2. The number of ether oxygens (including phenoxy) is 2. The molecule has 1 aliphatic heterocycles. The highest BCUT2D eigenvalue weighted by Gasteiger charge is 2.26. The second-order valence-electron chi connectivity index (χ2n) is 11.1. The zero-order chi connectivity index (χ0) is 30.6. The van der Waals surface area contributed by atoms with Gasteiger partial charge in [0.1, 0.15) is 18.1 Å². The minimum Gasteiger partial charge on any atom is -0.494 e. The molecular formula is C34H40N6O4. The third-order valence-electron chi connectivity index (χ3n) is 7.92. The van der Waals surface area contributed by atoms with E-state index in [-0.39, 0.29) is 17.7 Å². The summed E-state index contributed by atoms with van der Waals surface area (Å²) in [5, 5.41) is 17.6. The van der Waals surface area contributed by atoms with Gasteiger partial charge in [0.05, 0.1) is 12.6 Å². The van der Waals surface area contributed by atoms with E-state index in [9.17, 15) is 9.59 Å². The first-order valence-electron chi connectivity index (χ1n) is 15.3. The lowest BCUT2D eigenvalue weighted by molar-refractivity contribution is -0.132. The molecule has 2 N–H and O–H groups in total. The number of nitrogens with one attached hydrogen (secondary N) is 2. The molecule has 44 heavy (non-hydrogen) atoms. The molecule has 0 bridgehead atoms. The van der Waals surface area contributed by atoms with Gasteiger partial charge in [-0.3, -0.25) is 9.59 Å². The van der Waals surface area contributed by atoms with Gasteiger partial charge in [0.25, 0.3) is 0 Å². The maximum atomic E-state index is 13.1. The third kappa shape index (κ3) is 9.13. The third-order valence-corrected chi connectivity index (χ3v) is 7.92. The Kier molecular flexibility index (Phi) is 10.9. The Balaban J connectivity index is 1.06. The molecule has 0 radical (unpaired) electrons. The molecule has 1 aliphatic rings. The fourth-order valence-electron chi connectivity index (χ4n) is 5.45. The molecule has 0 spiro atoms. The molecule has 10 heteroatoms. The highest BCUT2D eigenvalue weighted by atomic mass is 16.5. The van der Waals surface area contributed by atoms with Gasteiger partial charge in [0.2, 0.25) is 11.8 Å². The molecule has 3 aromatic carbocycles. The molecule has 1 unspecified atom stereocenters. The summed E-state index contributed by atoms with van der Waals surface area (Å²) in [4.78, 5) is 27.9. The second-order valence-corrected chi connectivity index (χ2v) is 11.1. The summed E-state index contributed by atoms with van der Waals surface area (Å²) < 4.78 is 11.4. The number of aromatic nitrogens is 4. The van der Waals surface area contributed by atoms with E-state index in [2.05, 4.69) is 25.9 Å². The monoisotopic (exact) mass is 596 g/mol. The van der Waals surface area contributed by atoms with Gasteiger partial charge in [-0.25, -0.2) is 0 Å². The number of rotatable bonds is 14. The van der Waals surface area contributed by atoms with E-state index in [1.54, 1.807) is 0 Å². The quantitative estimate of drug-likeness (QED) is 0.214. The molecular weight excluding hydrogens is 556 g/mol. The van der Waals surface area contributed by atoms with Crippen molar-refractivity contribution in [3.8, 4) is 11.5 Å². The lowest BCUT2D eigenvalue weighted by atomic mass is 9.92. The molecule has 1 atom stereocenters. The van der Waals surface area contributed by atoms with Crippen molar-refractivity contribution in [3.05, 3.63) is 101 Å². The Morgan fingerprint density at radius 3 is 2.25 bits per heavy atom. The summed E-state index contributed by atoms with van der Waals surface area (Å²) in [6, 6.07) is 25.4. The normalized spacial score (nSPS) is 14.2. The standard InChI is InChI=1S/C34H40N6O4/c1-2-43-29-13-8-25(9-14-29)12-17-33(42)40-20-18-27(19-21-40)23-32(41)35-31(34-36-38-39-37-34)22-26-10-15-30(16-11-26)44-24-28-6-4-3-5-7-28/h3-11,13-16,27,31H,2,12,17-24H2,1H3,(H,35,41)(H,36,37,38,39). The van der Waals surface area contributed by atoms with Gasteiger partial charge >= 0.3 is 0 Å². The van der Waals surface area contributed by atoms with Gasteiger partial charge in [-0.15, -0.1) is 10.2 Å². The van der Waals surface area contributed by atoms with Crippen molar-refractivity contribution in [2.24, 2.45) is 5.92 Å². The summed E-state index contributed by atoms with van der Waals surface area (Å²) in [6.45, 7) is 4.44. The van der Waals surface area contributed by atoms with Crippen LogP contribution in [0.4, 0.5) is 0 Å². The van der Waals surface area contributed by atoms with Crippen molar-refractivity contribution in [3.63, 3.8) is 0 Å². The van der Waals surface area contributed by atoms with Crippen LogP contribution in [0, 0.1) is 5.92 Å². The molecule has 5 rings (SSSR count). The number of H-pyrrole nitrogens is 1. The Morgan fingerprint density at radius 2 is 1.59 bits per heavy atom. The topological polar surface area (TPSA) is 122 Å². The second kappa shape index (κ2) is 15.7. The first-order valence-corrected chi connectivity index (χ1v) is 15.3. The highest BCUT2D eigenvalue weighted by molar-refractivity contribution is 5.77. The summed E-state index contributed by atoms with van der Waals surface area (Å²) in [5.41, 5.74) is 3.25. The fraction of sp³-hybridized carbons (Fsp3) is 0.382. The van der Waals surface area contributed by atoms with Crippen LogP contribution in [0.1, 0.15) is 61.2 Å². The van der Waals surface area contributed by atoms with Crippen LogP contribution in [0.15, 0.2) is 78.9 Å². The highest BCUT2D eigenvalue weighted by Crippen LogP contribution is 2.24. The lowest BCUT2D eigenvalue weighted by Crippen LogP contribution is -2.40. The Bertz CT molecular complexity index is 1440. The molecule has 1 aromatic heterocycles. The molecule has 0 aliphatic carbocycles. The van der Waals surface area contributed by atoms with Crippen molar-refractivity contribution in [1.82, 2.24) is 30.8 Å². The lowest BCUT2D eigenvalue weighted by Gasteiger charge is -2.32. The minimum absolute atomic E-state index is 0.0529. The first kappa shape index (κ1) is 30.7. The van der Waals surface area contributed by atoms with Crippen LogP contribution < -0.4 is 14.8 Å². The average Bonchev–Trinajstić information content (AvgIpc) is 3.60. The summed E-state index contributed by atoms with van der Waals surface area (Å²) in [7, 11) is 0. The zero-order valence-corrected chi connectivity index (χ0v) is 25.2. The smallest absolute Gasteiger partial charge is 0.222 e. The van der Waals surface area contributed by atoms with E-state index in [1.807, 2.05) is 90.7 Å². The van der Waals surface area contributed by atoms with Crippen LogP contribution in [0.2, 0.25) is 0 Å². The van der Waals surface area contributed by atoms with Gasteiger partial charge < -0.3 is 19.7 Å². The van der Waals surface area contributed by atoms with Crippen molar-refractivity contribution >= 4 is 11.8 Å². The van der Waals surface area contributed by atoms with E-state index < -0.39 is 6.04 Å². The van der Waals surface area contributed by atoms with Crippen molar-refractivity contribution in [2.45, 2.75) is 58.1 Å². The number of tetrazole rings is 1. The number of aryl methyl sites for hydroxylation is 1. The Labute approximate surface area is 258 Å². The van der Waals surface area contributed by atoms with Crippen molar-refractivity contribution < 1.29 is 19.1 Å². The molecule has 10 nitrogen and oxygen atoms in total. The van der Waals surface area contributed by atoms with E-state index >= 15 is 0 Å². The Hall–Kier alpha value is -4.73. The molecule has 1 saturated heterocycles. The largest absolute Gasteiger partial charge is 0.494 e. The number of aromatic amines is 1. The minimum atomic E-state index is -0.415. The maximum Gasteiger partial charge on any atom is 0.222 e. The molecule has 2 heterocycles. The summed E-state index contributed by atoms with van der Waals surface area (Å²) >= 11 is 0. The predicted molar refractivity (Wildman–Crippen MR) is 166 cm³/mol. The Morgan fingerprint density at radius 1 is 0.909 bits per heavy atom. The van der Waals surface area contributed by atoms with Gasteiger partial charge in [-0.05, 0) is 73.1 Å². The molecule has 0 saturated carbocycles. The molecule has 230 valence electrons. The summed E-state index contributed by atoms with van der Waals surface area (Å²) in [6.07, 6.45) is 3.71. The first-order chi connectivity index (χ1) is 21.6. The van der Waals surface area contributed by atoms with Crippen LogP contribution in [0.5, 0.6) is 11.5 Å². The molecule has 1 fully saturated rings. The van der Waals surface area contributed by atoms with E-state index in [0.717, 1.165) is 41.0 Å². The molecule has 4 aromatic rings. The average molecular weight is 597 g/mol. The predicted octanol–water partition coefficient (Wildman–Crippen LogP) is 4.84. The maximum absolute atomic E-state index is 13.1. The van der Waals surface area contributed by atoms with Gasteiger partial charge in [0, 0.05) is 32.4 Å². The number of amides is 2. The number of carbonyl (C=O) groups excluding carboxylic acids is 2. The van der Waals surface area contributed by atoms with Crippen LogP contribution in [0.25, 0.3) is 0 Å². The van der Waals surface area contributed by atoms with Crippen LogP contribution in [0.3, 0.4) is 0 Å². The summed E-state index contributed by atoms with van der Waals surface area (Å²) in [5.74, 6) is 2.39. The number of piperidine rings is 1. The van der Waals surface area contributed by atoms with Crippen LogP contribution >= 0.6 is 0 Å². The number of likely N-dealkylation sites (tertiary alicyclic amines) is 1. The molecule has 2 amide bonds. The van der Waals surface area contributed by atoms with E-state index in [1.165, 1.54) is 0 Å². The van der Waals surface area contributed by atoms with E-state index in [0.29, 0.717) is 57.8 Å². The van der Waals surface area contributed by atoms with Crippen LogP contribution in [-0.4, -0.2) is 57.0 Å². The fourth-order valence-corrected chi connectivity index (χ4v) is 5.45. The van der Waals surface area contributed by atoms with Crippen molar-refractivity contribution in [2.75, 3.05) is 19.7 Å².